The van der Waals surface area contributed by atoms with Crippen molar-refractivity contribution in [1.29, 1.82) is 0 Å². The Morgan fingerprint density at radius 2 is 1.00 bits per heavy atom. The van der Waals surface area contributed by atoms with E-state index in [1.807, 2.05) is 0 Å². The predicted octanol–water partition coefficient (Wildman–Crippen LogP) is 2.43. The van der Waals surface area contributed by atoms with Crippen molar-refractivity contribution in [2.75, 3.05) is 26.4 Å². The Hall–Kier alpha value is 0.800. The highest BCUT2D eigenvalue weighted by atomic mass is 79.9. The molecule has 2 aliphatic carbocycles. The Balaban J connectivity index is 1.66. The summed E-state index contributed by atoms with van der Waals surface area (Å²) in [7, 11) is 0. The molecule has 2 spiro atoms. The molecule has 4 atom stereocenters. The number of ether oxygens (including phenoxy) is 4. The summed E-state index contributed by atoms with van der Waals surface area (Å²) in [5.41, 5.74) is 0. The number of alkyl halides is 2. The normalized spacial score (nSPS) is 47.1. The molecular weight excluding hydrogens is 380 g/mol. The molecule has 19 heavy (non-hydrogen) atoms. The summed E-state index contributed by atoms with van der Waals surface area (Å²) in [6, 6.07) is 0. The zero-order valence-electron chi connectivity index (χ0n) is 10.6. The van der Waals surface area contributed by atoms with Gasteiger partial charge < -0.3 is 18.9 Å². The van der Waals surface area contributed by atoms with Crippen molar-refractivity contribution in [2.24, 2.45) is 11.8 Å². The molecule has 2 saturated heterocycles. The fourth-order valence-corrected chi connectivity index (χ4v) is 6.43. The standard InChI is InChI=1S/C13H18Br2O4/c14-10-7-9-5-8(12(10)16-1-2-17-12)6-11(15)13(9)18-3-4-19-13/h8-11H,1-7H2/t8-,9-,10-,11-/m0/s1. The first kappa shape index (κ1) is 13.5. The van der Waals surface area contributed by atoms with Crippen molar-refractivity contribution in [3.8, 4) is 0 Å². The van der Waals surface area contributed by atoms with Crippen molar-refractivity contribution in [3.63, 3.8) is 0 Å². The lowest BCUT2D eigenvalue weighted by Crippen LogP contribution is -2.63. The van der Waals surface area contributed by atoms with Crippen LogP contribution in [0.5, 0.6) is 0 Å². The van der Waals surface area contributed by atoms with E-state index >= 15 is 0 Å². The third-order valence-electron chi connectivity index (χ3n) is 5.04. The van der Waals surface area contributed by atoms with Crippen LogP contribution in [0.3, 0.4) is 0 Å². The van der Waals surface area contributed by atoms with Crippen LogP contribution in [0.4, 0.5) is 0 Å². The van der Waals surface area contributed by atoms with Gasteiger partial charge in [0.05, 0.1) is 36.1 Å². The van der Waals surface area contributed by atoms with Gasteiger partial charge in [-0.3, -0.25) is 0 Å². The van der Waals surface area contributed by atoms with Crippen LogP contribution in [0.1, 0.15) is 19.3 Å². The third-order valence-corrected chi connectivity index (χ3v) is 7.06. The number of rotatable bonds is 0. The monoisotopic (exact) mass is 396 g/mol. The molecule has 0 amide bonds. The summed E-state index contributed by atoms with van der Waals surface area (Å²) in [5.74, 6) is -0.0484. The molecule has 2 heterocycles. The second-order valence-electron chi connectivity index (χ2n) is 5.87. The fraction of sp³-hybridized carbons (Fsp3) is 1.00. The van der Waals surface area contributed by atoms with E-state index in [0.717, 1.165) is 19.3 Å². The lowest BCUT2D eigenvalue weighted by Gasteiger charge is -2.55. The summed E-state index contributed by atoms with van der Waals surface area (Å²) in [6.07, 6.45) is 3.00. The first-order valence-electron chi connectivity index (χ1n) is 7.01. The Kier molecular flexibility index (Phi) is 3.29. The zero-order valence-corrected chi connectivity index (χ0v) is 13.8. The van der Waals surface area contributed by atoms with E-state index in [9.17, 15) is 0 Å². The van der Waals surface area contributed by atoms with Crippen LogP contribution < -0.4 is 0 Å². The topological polar surface area (TPSA) is 36.9 Å². The highest BCUT2D eigenvalue weighted by Crippen LogP contribution is 2.58. The Morgan fingerprint density at radius 3 is 1.37 bits per heavy atom. The van der Waals surface area contributed by atoms with Crippen molar-refractivity contribution < 1.29 is 18.9 Å². The summed E-state index contributed by atoms with van der Waals surface area (Å²) < 4.78 is 24.0. The SMILES string of the molecule is Br[C@H]1C[C@@H]2C[C@@H](C[C@H](Br)C23OCCO3)C12OCCO2. The first-order chi connectivity index (χ1) is 9.17. The summed E-state index contributed by atoms with van der Waals surface area (Å²) >= 11 is 7.60. The van der Waals surface area contributed by atoms with Gasteiger partial charge in [0.2, 0.25) is 0 Å². The highest BCUT2D eigenvalue weighted by molar-refractivity contribution is 9.09. The smallest absolute Gasteiger partial charge is 0.183 e. The van der Waals surface area contributed by atoms with Gasteiger partial charge in [0, 0.05) is 11.8 Å². The van der Waals surface area contributed by atoms with Crippen LogP contribution in [0.15, 0.2) is 0 Å². The summed E-state index contributed by atoms with van der Waals surface area (Å²) in [6.45, 7) is 2.81. The van der Waals surface area contributed by atoms with E-state index < -0.39 is 11.6 Å². The predicted molar refractivity (Wildman–Crippen MR) is 75.5 cm³/mol. The average Bonchev–Trinajstić information content (AvgIpc) is 3.05. The van der Waals surface area contributed by atoms with E-state index in [-0.39, 0.29) is 9.65 Å². The van der Waals surface area contributed by atoms with Gasteiger partial charge in [0.15, 0.2) is 11.6 Å². The van der Waals surface area contributed by atoms with E-state index in [0.29, 0.717) is 38.3 Å². The van der Waals surface area contributed by atoms with Crippen LogP contribution in [0.25, 0.3) is 0 Å². The van der Waals surface area contributed by atoms with Crippen LogP contribution in [0, 0.1) is 11.8 Å². The van der Waals surface area contributed by atoms with Gasteiger partial charge in [-0.15, -0.1) is 0 Å². The molecule has 6 heteroatoms. The molecule has 0 unspecified atom stereocenters. The van der Waals surface area contributed by atoms with Crippen LogP contribution >= 0.6 is 31.9 Å². The fourth-order valence-electron chi connectivity index (χ4n) is 4.25. The van der Waals surface area contributed by atoms with Crippen LogP contribution in [0.2, 0.25) is 0 Å². The Morgan fingerprint density at radius 1 is 0.632 bits per heavy atom. The quantitative estimate of drug-likeness (QED) is 0.588. The van der Waals surface area contributed by atoms with E-state index in [2.05, 4.69) is 31.9 Å². The van der Waals surface area contributed by atoms with Crippen molar-refractivity contribution in [1.82, 2.24) is 0 Å². The minimum Gasteiger partial charge on any atom is -0.346 e. The number of hydrogen-bond acceptors (Lipinski definition) is 4. The van der Waals surface area contributed by atoms with Crippen molar-refractivity contribution in [3.05, 3.63) is 0 Å². The molecule has 4 nitrogen and oxygen atoms in total. The minimum atomic E-state index is -0.428. The van der Waals surface area contributed by atoms with Gasteiger partial charge in [-0.1, -0.05) is 31.9 Å². The first-order valence-corrected chi connectivity index (χ1v) is 8.84. The lowest BCUT2D eigenvalue weighted by molar-refractivity contribution is -0.277. The van der Waals surface area contributed by atoms with E-state index in [4.69, 9.17) is 18.9 Å². The molecule has 0 radical (unpaired) electrons. The van der Waals surface area contributed by atoms with Crippen LogP contribution in [-0.2, 0) is 18.9 Å². The van der Waals surface area contributed by atoms with E-state index in [1.54, 1.807) is 0 Å². The number of halogens is 2. The molecule has 0 aromatic carbocycles. The molecule has 0 aromatic rings. The molecule has 4 rings (SSSR count). The van der Waals surface area contributed by atoms with Gasteiger partial charge in [-0.2, -0.15) is 0 Å². The van der Waals surface area contributed by atoms with Crippen molar-refractivity contribution >= 4 is 31.9 Å². The molecule has 0 aromatic heterocycles. The van der Waals surface area contributed by atoms with Gasteiger partial charge in [0.1, 0.15) is 0 Å². The molecule has 2 bridgehead atoms. The largest absolute Gasteiger partial charge is 0.346 e. The molecule has 4 aliphatic rings. The van der Waals surface area contributed by atoms with Gasteiger partial charge in [0.25, 0.3) is 0 Å². The summed E-state index contributed by atoms with van der Waals surface area (Å²) in [4.78, 5) is 0.437. The number of fused-ring (bicyclic) bond motifs is 4. The Labute approximate surface area is 129 Å². The zero-order chi connectivity index (χ0) is 13.1. The molecule has 0 N–H and O–H groups in total. The average molecular weight is 398 g/mol. The second kappa shape index (κ2) is 4.65. The molecule has 2 aliphatic heterocycles. The van der Waals surface area contributed by atoms with Gasteiger partial charge in [-0.05, 0) is 19.3 Å². The number of hydrogen-bond donors (Lipinski definition) is 0. The maximum Gasteiger partial charge on any atom is 0.183 e. The minimum absolute atomic E-state index is 0.218. The molecule has 4 fully saturated rings. The Bertz CT molecular complexity index is 328. The molecule has 108 valence electrons. The van der Waals surface area contributed by atoms with Crippen molar-refractivity contribution in [2.45, 2.75) is 40.5 Å². The van der Waals surface area contributed by atoms with Crippen LogP contribution in [-0.4, -0.2) is 47.7 Å². The van der Waals surface area contributed by atoms with E-state index in [1.165, 1.54) is 0 Å². The maximum absolute atomic E-state index is 6.01. The van der Waals surface area contributed by atoms with Gasteiger partial charge >= 0.3 is 0 Å². The summed E-state index contributed by atoms with van der Waals surface area (Å²) in [5, 5.41) is 0. The maximum atomic E-state index is 6.01. The molecular formula is C13H18Br2O4. The second-order valence-corrected chi connectivity index (χ2v) is 8.08. The third kappa shape index (κ3) is 1.77. The highest BCUT2D eigenvalue weighted by Gasteiger charge is 2.64. The lowest BCUT2D eigenvalue weighted by atomic mass is 9.66. The molecule has 2 saturated carbocycles. The van der Waals surface area contributed by atoms with Gasteiger partial charge in [-0.25, -0.2) is 0 Å².